The Morgan fingerprint density at radius 2 is 1.95 bits per heavy atom. The summed E-state index contributed by atoms with van der Waals surface area (Å²) < 4.78 is 9.66. The molecule has 1 saturated heterocycles. The van der Waals surface area contributed by atoms with Crippen molar-refractivity contribution in [2.75, 3.05) is 13.2 Å². The predicted octanol–water partition coefficient (Wildman–Crippen LogP) is 0.133. The van der Waals surface area contributed by atoms with Crippen molar-refractivity contribution in [1.82, 2.24) is 9.80 Å². The summed E-state index contributed by atoms with van der Waals surface area (Å²) in [6.07, 6.45) is 1.39. The van der Waals surface area contributed by atoms with E-state index in [9.17, 15) is 19.2 Å². The average molecular weight is 280 g/mol. The molecule has 0 bridgehead atoms. The monoisotopic (exact) mass is 280 g/mol. The van der Waals surface area contributed by atoms with E-state index in [0.717, 1.165) is 4.90 Å². The molecule has 0 spiro atoms. The smallest absolute Gasteiger partial charge is 0.335 e. The highest BCUT2D eigenvalue weighted by molar-refractivity contribution is 6.44. The number of urea groups is 1. The first-order valence-electron chi connectivity index (χ1n) is 5.90. The summed E-state index contributed by atoms with van der Waals surface area (Å²) >= 11 is 0. The molecule has 20 heavy (non-hydrogen) atoms. The summed E-state index contributed by atoms with van der Waals surface area (Å²) in [5.74, 6) is -2.43. The van der Waals surface area contributed by atoms with Crippen molar-refractivity contribution in [1.29, 1.82) is 0 Å². The molecule has 0 radical (unpaired) electrons. The van der Waals surface area contributed by atoms with Gasteiger partial charge in [-0.05, 0) is 19.1 Å². The van der Waals surface area contributed by atoms with Crippen molar-refractivity contribution in [3.63, 3.8) is 0 Å². The Balaban J connectivity index is 2.09. The van der Waals surface area contributed by atoms with Crippen LogP contribution in [0.25, 0.3) is 0 Å². The summed E-state index contributed by atoms with van der Waals surface area (Å²) in [5.41, 5.74) is 0. The van der Waals surface area contributed by atoms with Gasteiger partial charge in [-0.15, -0.1) is 0 Å². The second-order valence-corrected chi connectivity index (χ2v) is 3.95. The van der Waals surface area contributed by atoms with Gasteiger partial charge in [0.05, 0.1) is 19.4 Å². The second kappa shape index (κ2) is 5.55. The van der Waals surface area contributed by atoms with Crippen LogP contribution in [-0.2, 0) is 25.7 Å². The fourth-order valence-electron chi connectivity index (χ4n) is 1.72. The quantitative estimate of drug-likeness (QED) is 0.432. The second-order valence-electron chi connectivity index (χ2n) is 3.95. The van der Waals surface area contributed by atoms with Gasteiger partial charge in [-0.2, -0.15) is 0 Å². The molecular weight excluding hydrogens is 268 g/mol. The Morgan fingerprint density at radius 3 is 2.55 bits per heavy atom. The van der Waals surface area contributed by atoms with E-state index in [1.165, 1.54) is 6.26 Å². The molecule has 4 amide bonds. The Kier molecular flexibility index (Phi) is 3.83. The van der Waals surface area contributed by atoms with Gasteiger partial charge in [-0.25, -0.2) is 14.6 Å². The molecule has 1 aliphatic rings. The molecule has 8 heteroatoms. The van der Waals surface area contributed by atoms with Crippen LogP contribution in [0.1, 0.15) is 12.7 Å². The maximum atomic E-state index is 12.0. The van der Waals surface area contributed by atoms with E-state index in [1.54, 1.807) is 19.1 Å². The lowest BCUT2D eigenvalue weighted by molar-refractivity contribution is -0.148. The number of amides is 4. The van der Waals surface area contributed by atoms with Crippen LogP contribution in [0.3, 0.4) is 0 Å². The fraction of sp³-hybridized carbons (Fsp3) is 0.333. The van der Waals surface area contributed by atoms with Gasteiger partial charge in [0.25, 0.3) is 0 Å². The van der Waals surface area contributed by atoms with Crippen molar-refractivity contribution in [3.8, 4) is 0 Å². The molecule has 106 valence electrons. The zero-order valence-corrected chi connectivity index (χ0v) is 10.7. The van der Waals surface area contributed by atoms with E-state index >= 15 is 0 Å². The summed E-state index contributed by atoms with van der Waals surface area (Å²) in [4.78, 5) is 47.9. The van der Waals surface area contributed by atoms with Gasteiger partial charge in [-0.3, -0.25) is 14.4 Å². The van der Waals surface area contributed by atoms with Gasteiger partial charge in [0.2, 0.25) is 0 Å². The summed E-state index contributed by atoms with van der Waals surface area (Å²) in [5, 5.41) is 0. The van der Waals surface area contributed by atoms with Gasteiger partial charge in [0.15, 0.2) is 0 Å². The van der Waals surface area contributed by atoms with E-state index in [1.807, 2.05) is 0 Å². The normalized spacial score (nSPS) is 15.2. The van der Waals surface area contributed by atoms with Crippen LogP contribution in [-0.4, -0.2) is 46.8 Å². The van der Waals surface area contributed by atoms with Crippen LogP contribution >= 0.6 is 0 Å². The molecule has 1 aromatic rings. The zero-order valence-electron chi connectivity index (χ0n) is 10.7. The lowest BCUT2D eigenvalue weighted by Crippen LogP contribution is -2.37. The topological polar surface area (TPSA) is 97.1 Å². The molecule has 0 aliphatic carbocycles. The van der Waals surface area contributed by atoms with Crippen molar-refractivity contribution < 1.29 is 28.3 Å². The Morgan fingerprint density at radius 1 is 1.25 bits per heavy atom. The average Bonchev–Trinajstić information content (AvgIpc) is 2.98. The van der Waals surface area contributed by atoms with Gasteiger partial charge in [0, 0.05) is 0 Å². The summed E-state index contributed by atoms with van der Waals surface area (Å²) in [6, 6.07) is 2.31. The molecule has 1 fully saturated rings. The minimum Gasteiger partial charge on any atom is -0.467 e. The molecule has 1 aliphatic heterocycles. The maximum Gasteiger partial charge on any atom is 0.335 e. The van der Waals surface area contributed by atoms with Gasteiger partial charge >= 0.3 is 23.8 Å². The van der Waals surface area contributed by atoms with Gasteiger partial charge < -0.3 is 9.15 Å². The number of hydrogen-bond donors (Lipinski definition) is 0. The number of carbonyl (C=O) groups excluding carboxylic acids is 4. The number of nitrogens with zero attached hydrogens (tertiary/aromatic N) is 2. The Labute approximate surface area is 113 Å². The molecule has 0 N–H and O–H groups in total. The maximum absolute atomic E-state index is 12.0. The number of esters is 1. The first kappa shape index (κ1) is 13.8. The molecule has 0 atom stereocenters. The lowest BCUT2D eigenvalue weighted by atomic mass is 10.4. The van der Waals surface area contributed by atoms with Crippen molar-refractivity contribution >= 4 is 23.8 Å². The van der Waals surface area contributed by atoms with Gasteiger partial charge in [-0.1, -0.05) is 0 Å². The molecule has 2 heterocycles. The number of hydrogen-bond acceptors (Lipinski definition) is 6. The van der Waals surface area contributed by atoms with E-state index in [-0.39, 0.29) is 13.2 Å². The first-order valence-corrected chi connectivity index (χ1v) is 5.90. The minimum atomic E-state index is -1.05. The number of carbonyl (C=O) groups is 4. The fourth-order valence-corrected chi connectivity index (χ4v) is 1.72. The lowest BCUT2D eigenvalue weighted by Gasteiger charge is -2.13. The molecule has 2 rings (SSSR count). The number of imide groups is 2. The minimum absolute atomic E-state index is 0.124. The summed E-state index contributed by atoms with van der Waals surface area (Å²) in [7, 11) is 0. The molecule has 0 saturated carbocycles. The Hall–Kier alpha value is -2.64. The van der Waals surface area contributed by atoms with Crippen molar-refractivity contribution in [2.24, 2.45) is 0 Å². The van der Waals surface area contributed by atoms with Crippen LogP contribution < -0.4 is 0 Å². The zero-order chi connectivity index (χ0) is 14.7. The molecule has 0 aromatic carbocycles. The highest BCUT2D eigenvalue weighted by Gasteiger charge is 2.45. The van der Waals surface area contributed by atoms with E-state index in [0.29, 0.717) is 10.7 Å². The van der Waals surface area contributed by atoms with Gasteiger partial charge in [0.1, 0.15) is 12.3 Å². The SMILES string of the molecule is CCOC(=O)CN1C(=O)C(=O)N(Cc2ccco2)C1=O. The van der Waals surface area contributed by atoms with Crippen molar-refractivity contribution in [3.05, 3.63) is 24.2 Å². The van der Waals surface area contributed by atoms with E-state index < -0.39 is 30.4 Å². The van der Waals surface area contributed by atoms with Crippen LogP contribution in [0.4, 0.5) is 4.79 Å². The molecule has 0 unspecified atom stereocenters. The largest absolute Gasteiger partial charge is 0.467 e. The molecular formula is C12H12N2O6. The molecule has 8 nitrogen and oxygen atoms in total. The van der Waals surface area contributed by atoms with Crippen LogP contribution in [0, 0.1) is 0 Å². The third-order valence-corrected chi connectivity index (χ3v) is 2.62. The first-order chi connectivity index (χ1) is 9.54. The van der Waals surface area contributed by atoms with Crippen LogP contribution in [0.5, 0.6) is 0 Å². The standard InChI is InChI=1S/C12H12N2O6/c1-2-19-9(15)7-14-11(17)10(16)13(12(14)18)6-8-4-3-5-20-8/h3-5H,2,6-7H2,1H3. The molecule has 1 aromatic heterocycles. The Bertz CT molecular complexity index is 550. The third-order valence-electron chi connectivity index (χ3n) is 2.62. The van der Waals surface area contributed by atoms with Crippen LogP contribution in [0.15, 0.2) is 22.8 Å². The summed E-state index contributed by atoms with van der Waals surface area (Å²) in [6.45, 7) is 0.987. The van der Waals surface area contributed by atoms with Crippen molar-refractivity contribution in [2.45, 2.75) is 13.5 Å². The third kappa shape index (κ3) is 2.53. The van der Waals surface area contributed by atoms with Crippen LogP contribution in [0.2, 0.25) is 0 Å². The van der Waals surface area contributed by atoms with E-state index in [4.69, 9.17) is 4.42 Å². The predicted molar refractivity (Wildman–Crippen MR) is 63.0 cm³/mol. The number of ether oxygens (including phenoxy) is 1. The number of rotatable bonds is 5. The highest BCUT2D eigenvalue weighted by atomic mass is 16.5. The highest BCUT2D eigenvalue weighted by Crippen LogP contribution is 2.16. The number of furan rings is 1. The van der Waals surface area contributed by atoms with E-state index in [2.05, 4.69) is 4.74 Å².